The Hall–Kier alpha value is -4.65. The van der Waals surface area contributed by atoms with Gasteiger partial charge in [0.15, 0.2) is 11.5 Å². The first kappa shape index (κ1) is 29.8. The number of aromatic nitrogens is 1. The monoisotopic (exact) mass is 604 g/mol. The zero-order valence-corrected chi connectivity index (χ0v) is 24.7. The molecule has 0 unspecified atom stereocenters. The number of amides is 2. The van der Waals surface area contributed by atoms with Crippen molar-refractivity contribution in [3.8, 4) is 17.2 Å². The minimum Gasteiger partial charge on any atom is -0.454 e. The molecule has 43 heavy (non-hydrogen) atoms. The van der Waals surface area contributed by atoms with Crippen molar-refractivity contribution in [3.05, 3.63) is 107 Å². The van der Waals surface area contributed by atoms with E-state index >= 15 is 0 Å². The van der Waals surface area contributed by atoms with Gasteiger partial charge in [0.05, 0.1) is 16.1 Å². The first-order chi connectivity index (χ1) is 20.6. The Morgan fingerprint density at radius 2 is 1.63 bits per heavy atom. The molecule has 3 aromatic carbocycles. The van der Waals surface area contributed by atoms with E-state index in [-0.39, 0.29) is 18.2 Å². The summed E-state index contributed by atoms with van der Waals surface area (Å²) < 4.78 is 42.4. The Bertz CT molecular complexity index is 1750. The number of benzene rings is 3. The third kappa shape index (κ3) is 6.12. The van der Waals surface area contributed by atoms with Crippen LogP contribution in [0.3, 0.4) is 0 Å². The van der Waals surface area contributed by atoms with E-state index in [0.29, 0.717) is 39.4 Å². The van der Waals surface area contributed by atoms with E-state index in [1.54, 1.807) is 90.9 Å². The smallest absolute Gasteiger partial charge is 0.263 e. The molecule has 1 aromatic heterocycles. The highest BCUT2D eigenvalue weighted by Gasteiger charge is 2.38. The number of nitrogens with one attached hydrogen (secondary N) is 2. The molecule has 224 valence electrons. The highest BCUT2D eigenvalue weighted by molar-refractivity contribution is 7.89. The molecule has 0 fully saturated rings. The number of nitrogens with zero attached hydrogens (tertiary/aromatic N) is 2. The van der Waals surface area contributed by atoms with Gasteiger partial charge < -0.3 is 19.4 Å². The van der Waals surface area contributed by atoms with Crippen molar-refractivity contribution in [2.24, 2.45) is 0 Å². The Morgan fingerprint density at radius 1 is 0.953 bits per heavy atom. The maximum Gasteiger partial charge on any atom is 0.263 e. The van der Waals surface area contributed by atoms with Crippen LogP contribution in [0.15, 0.2) is 84.0 Å². The summed E-state index contributed by atoms with van der Waals surface area (Å²) in [7, 11) is -4.37. The molecule has 0 bridgehead atoms. The highest BCUT2D eigenvalue weighted by Crippen LogP contribution is 2.34. The van der Waals surface area contributed by atoms with Gasteiger partial charge in [-0.3, -0.25) is 14.8 Å². The second-order valence-electron chi connectivity index (χ2n) is 10.3. The van der Waals surface area contributed by atoms with Crippen LogP contribution < -0.4 is 20.3 Å². The van der Waals surface area contributed by atoms with Crippen molar-refractivity contribution in [2.45, 2.75) is 38.3 Å². The van der Waals surface area contributed by atoms with Gasteiger partial charge in [-0.25, -0.2) is 13.9 Å². The number of carbonyl (C=O) groups excluding carboxylic acids is 2. The first-order valence-corrected chi connectivity index (χ1v) is 15.0. The van der Waals surface area contributed by atoms with Gasteiger partial charge in [-0.2, -0.15) is 4.31 Å². The topological polar surface area (TPSA) is 139 Å². The maximum atomic E-state index is 14.4. The lowest BCUT2D eigenvalue weighted by Gasteiger charge is -2.31. The van der Waals surface area contributed by atoms with Crippen LogP contribution in [0.2, 0.25) is 0 Å². The summed E-state index contributed by atoms with van der Waals surface area (Å²) in [6, 6.07) is 17.5. The molecule has 2 heterocycles. The number of aryl methyl sites for hydroxylation is 3. The van der Waals surface area contributed by atoms with Crippen LogP contribution in [0.4, 0.5) is 0 Å². The largest absolute Gasteiger partial charge is 0.454 e. The number of fused-ring (bicyclic) bond motifs is 1. The first-order valence-electron chi connectivity index (χ1n) is 13.5. The van der Waals surface area contributed by atoms with Crippen LogP contribution in [0.5, 0.6) is 11.5 Å². The van der Waals surface area contributed by atoms with Crippen LogP contribution in [-0.2, 0) is 21.4 Å². The van der Waals surface area contributed by atoms with Crippen molar-refractivity contribution < 1.29 is 32.7 Å². The van der Waals surface area contributed by atoms with E-state index in [2.05, 4.69) is 5.32 Å². The summed E-state index contributed by atoms with van der Waals surface area (Å²) in [5, 5.41) is 12.4. The number of rotatable bonds is 10. The highest BCUT2D eigenvalue weighted by atomic mass is 32.2. The molecule has 11 nitrogen and oxygen atoms in total. The number of hydrogen-bond acceptors (Lipinski definition) is 7. The third-order valence-electron chi connectivity index (χ3n) is 7.19. The summed E-state index contributed by atoms with van der Waals surface area (Å²) in [6.45, 7) is 4.58. The summed E-state index contributed by atoms with van der Waals surface area (Å²) in [5.41, 5.74) is 4.90. The van der Waals surface area contributed by atoms with E-state index in [4.69, 9.17) is 9.47 Å². The molecule has 0 saturated heterocycles. The SMILES string of the molecule is Cc1cc(C)c(S(=O)(=O)N(Cc2ccc3c(c2)OCO3)[C@H](CNC(=O)c2ccccc2-n2cccc2)C(=O)NO)c(C)c1. The molecule has 0 spiro atoms. The third-order valence-corrected chi connectivity index (χ3v) is 9.36. The van der Waals surface area contributed by atoms with Crippen LogP contribution in [0.1, 0.15) is 32.6 Å². The van der Waals surface area contributed by atoms with Gasteiger partial charge in [0, 0.05) is 25.5 Å². The zero-order valence-electron chi connectivity index (χ0n) is 23.9. The van der Waals surface area contributed by atoms with Crippen LogP contribution in [0, 0.1) is 20.8 Å². The second kappa shape index (κ2) is 12.3. The number of carbonyl (C=O) groups is 2. The quantitative estimate of drug-likeness (QED) is 0.186. The summed E-state index contributed by atoms with van der Waals surface area (Å²) >= 11 is 0. The predicted octanol–water partition coefficient (Wildman–Crippen LogP) is 3.63. The minimum atomic E-state index is -4.37. The fraction of sp³-hybridized carbons (Fsp3) is 0.226. The molecule has 1 aliphatic rings. The van der Waals surface area contributed by atoms with Crippen LogP contribution in [-0.4, -0.2) is 53.7 Å². The lowest BCUT2D eigenvalue weighted by Crippen LogP contribution is -2.54. The number of para-hydroxylation sites is 1. The van der Waals surface area contributed by atoms with Gasteiger partial charge in [0.1, 0.15) is 6.04 Å². The van der Waals surface area contributed by atoms with E-state index in [1.807, 2.05) is 19.1 Å². The molecule has 0 aliphatic carbocycles. The molecular formula is C31H32N4O7S. The van der Waals surface area contributed by atoms with Gasteiger partial charge >= 0.3 is 0 Å². The standard InChI is InChI=1S/C31H32N4O7S/c1-20-14-21(2)29(22(3)15-20)43(39,40)35(18-23-10-11-27-28(16-23)42-19-41-27)26(31(37)33-38)17-32-30(36)24-8-4-5-9-25(24)34-12-6-7-13-34/h4-16,26,38H,17-19H2,1-3H3,(H,32,36)(H,33,37)/t26-/m1/s1. The molecule has 12 heteroatoms. The Kier molecular flexibility index (Phi) is 8.53. The molecule has 0 radical (unpaired) electrons. The number of sulfonamides is 1. The minimum absolute atomic E-state index is 0.0363. The van der Waals surface area contributed by atoms with E-state index in [9.17, 15) is 23.2 Å². The fourth-order valence-electron chi connectivity index (χ4n) is 5.34. The zero-order chi connectivity index (χ0) is 30.7. The number of ether oxygens (including phenoxy) is 2. The van der Waals surface area contributed by atoms with E-state index in [1.165, 1.54) is 0 Å². The summed E-state index contributed by atoms with van der Waals surface area (Å²) in [6.07, 6.45) is 3.58. The fourth-order valence-corrected chi connectivity index (χ4v) is 7.33. The normalized spacial score (nSPS) is 13.1. The van der Waals surface area contributed by atoms with Gasteiger partial charge in [0.25, 0.3) is 11.8 Å². The Morgan fingerprint density at radius 3 is 2.33 bits per heavy atom. The molecule has 5 rings (SSSR count). The lowest BCUT2D eigenvalue weighted by molar-refractivity contribution is -0.133. The Labute approximate surface area is 249 Å². The average Bonchev–Trinajstić information content (AvgIpc) is 3.68. The molecule has 2 amide bonds. The van der Waals surface area contributed by atoms with E-state index < -0.39 is 34.4 Å². The van der Waals surface area contributed by atoms with Gasteiger partial charge in [-0.1, -0.05) is 35.9 Å². The summed E-state index contributed by atoms with van der Waals surface area (Å²) in [5.74, 6) is -0.578. The Balaban J connectivity index is 1.53. The summed E-state index contributed by atoms with van der Waals surface area (Å²) in [4.78, 5) is 26.6. The molecule has 4 aromatic rings. The molecular weight excluding hydrogens is 572 g/mol. The van der Waals surface area contributed by atoms with Crippen molar-refractivity contribution in [2.75, 3.05) is 13.3 Å². The van der Waals surface area contributed by atoms with E-state index in [0.717, 1.165) is 9.87 Å². The van der Waals surface area contributed by atoms with Gasteiger partial charge in [-0.05, 0) is 73.9 Å². The van der Waals surface area contributed by atoms with Crippen molar-refractivity contribution in [3.63, 3.8) is 0 Å². The van der Waals surface area contributed by atoms with Crippen molar-refractivity contribution in [1.29, 1.82) is 0 Å². The maximum absolute atomic E-state index is 14.4. The van der Waals surface area contributed by atoms with Crippen molar-refractivity contribution >= 4 is 21.8 Å². The van der Waals surface area contributed by atoms with Gasteiger partial charge in [-0.15, -0.1) is 0 Å². The molecule has 1 atom stereocenters. The second-order valence-corrected chi connectivity index (χ2v) is 12.1. The van der Waals surface area contributed by atoms with Crippen LogP contribution >= 0.6 is 0 Å². The average molecular weight is 605 g/mol. The molecule has 1 aliphatic heterocycles. The molecule has 0 saturated carbocycles. The predicted molar refractivity (Wildman–Crippen MR) is 158 cm³/mol. The van der Waals surface area contributed by atoms with Crippen LogP contribution in [0.25, 0.3) is 5.69 Å². The number of hydrogen-bond donors (Lipinski definition) is 3. The lowest BCUT2D eigenvalue weighted by atomic mass is 10.1. The van der Waals surface area contributed by atoms with Crippen molar-refractivity contribution in [1.82, 2.24) is 19.7 Å². The number of hydroxylamine groups is 1. The molecule has 3 N–H and O–H groups in total. The van der Waals surface area contributed by atoms with Gasteiger partial charge in [0.2, 0.25) is 16.8 Å².